The maximum Gasteiger partial charge on any atom is 0.573 e. The number of hydrogen-bond acceptors (Lipinski definition) is 5. The lowest BCUT2D eigenvalue weighted by molar-refractivity contribution is -0.302. The Kier molecular flexibility index (Phi) is 4.53. The van der Waals surface area contributed by atoms with E-state index in [1.807, 2.05) is 0 Å². The van der Waals surface area contributed by atoms with E-state index in [9.17, 15) is 30.0 Å². The van der Waals surface area contributed by atoms with Crippen molar-refractivity contribution >= 4 is 30.5 Å². The van der Waals surface area contributed by atoms with Crippen molar-refractivity contribution in [3.8, 4) is 0 Å². The number of sulfone groups is 1. The van der Waals surface area contributed by atoms with Gasteiger partial charge < -0.3 is 10.3 Å². The fourth-order valence-corrected chi connectivity index (χ4v) is 3.50. The van der Waals surface area contributed by atoms with E-state index < -0.39 is 42.4 Å². The highest BCUT2D eigenvalue weighted by atomic mass is 32.2. The van der Waals surface area contributed by atoms with Crippen LogP contribution in [0.25, 0.3) is 5.53 Å². The summed E-state index contributed by atoms with van der Waals surface area (Å²) in [5.41, 5.74) is 8.21. The van der Waals surface area contributed by atoms with Gasteiger partial charge in [0.25, 0.3) is 9.84 Å². The van der Waals surface area contributed by atoms with Gasteiger partial charge >= 0.3 is 11.9 Å². The molecule has 1 rings (SSSR count). The van der Waals surface area contributed by atoms with Gasteiger partial charge in [-0.15, -0.1) is 13.2 Å². The Morgan fingerprint density at radius 3 is 2.45 bits per heavy atom. The van der Waals surface area contributed by atoms with Gasteiger partial charge in [0.05, 0.1) is 0 Å². The van der Waals surface area contributed by atoms with Crippen LogP contribution in [0.4, 0.5) is 13.2 Å². The van der Waals surface area contributed by atoms with Crippen LogP contribution in [0.1, 0.15) is 0 Å². The van der Waals surface area contributed by atoms with Gasteiger partial charge in [0, 0.05) is 0 Å². The van der Waals surface area contributed by atoms with E-state index in [1.165, 1.54) is 0 Å². The third-order valence-corrected chi connectivity index (χ3v) is 4.44. The van der Waals surface area contributed by atoms with E-state index >= 15 is 0 Å². The number of nitrogens with zero attached hydrogens (tertiary/aromatic N) is 2. The third-order valence-electron chi connectivity index (χ3n) is 1.99. The molecular formula is C8H5F3N2O5S2. The zero-order chi connectivity index (χ0) is 15.6. The molecule has 0 amide bonds. The highest BCUT2D eigenvalue weighted by molar-refractivity contribution is 8.06. The summed E-state index contributed by atoms with van der Waals surface area (Å²) in [6, 6.07) is 0. The molecular weight excluding hydrogens is 325 g/mol. The maximum absolute atomic E-state index is 12.1. The molecule has 0 spiro atoms. The van der Waals surface area contributed by atoms with Gasteiger partial charge in [0.15, 0.2) is 0 Å². The van der Waals surface area contributed by atoms with Crippen LogP contribution in [0.15, 0.2) is 24.0 Å². The molecule has 1 aliphatic carbocycles. The van der Waals surface area contributed by atoms with Gasteiger partial charge in [-0.3, -0.25) is 0 Å². The van der Waals surface area contributed by atoms with Crippen LogP contribution in [0, 0.1) is 0 Å². The molecule has 0 saturated heterocycles. The average Bonchev–Trinajstić information content (AvgIpc) is 2.25. The van der Waals surface area contributed by atoms with Crippen molar-refractivity contribution in [2.24, 2.45) is 0 Å². The molecule has 1 atom stereocenters. The van der Waals surface area contributed by atoms with Gasteiger partial charge in [0.2, 0.25) is 10.3 Å². The summed E-state index contributed by atoms with van der Waals surface area (Å²) in [6.07, 6.45) is -2.85. The molecule has 0 radical (unpaired) electrons. The number of hydrogen-bond donors (Lipinski definition) is 0. The first-order valence-electron chi connectivity index (χ1n) is 4.60. The summed E-state index contributed by atoms with van der Waals surface area (Å²) in [5, 5.41) is -1.97. The second-order valence-electron chi connectivity index (χ2n) is 3.29. The standard InChI is InChI=1S/C8H5F3N2O5S2/c9-8(10,11)18-5-2-1-3-6(7(5)19(14)15)20(16,17)4-13-12/h1-4,6H. The molecule has 0 aromatic carbocycles. The highest BCUT2D eigenvalue weighted by Gasteiger charge is 2.40. The Labute approximate surface area is 112 Å². The molecule has 0 bridgehead atoms. The van der Waals surface area contributed by atoms with E-state index in [-0.39, 0.29) is 5.55 Å². The summed E-state index contributed by atoms with van der Waals surface area (Å²) in [6.45, 7) is 0. The second-order valence-corrected chi connectivity index (χ2v) is 6.10. The normalized spacial score (nSPS) is 19.1. The smallest absolute Gasteiger partial charge is 0.404 e. The van der Waals surface area contributed by atoms with E-state index in [4.69, 9.17) is 5.53 Å². The van der Waals surface area contributed by atoms with E-state index in [0.717, 1.165) is 12.2 Å². The lowest BCUT2D eigenvalue weighted by Crippen LogP contribution is -2.35. The summed E-state index contributed by atoms with van der Waals surface area (Å²) in [5.74, 6) is -1.17. The fraction of sp³-hybridized carbons (Fsp3) is 0.250. The first kappa shape index (κ1) is 16.1. The molecule has 0 heterocycles. The van der Waals surface area contributed by atoms with E-state index in [0.29, 0.717) is 6.08 Å². The van der Waals surface area contributed by atoms with Gasteiger partial charge in [-0.25, -0.2) is 8.42 Å². The predicted molar refractivity (Wildman–Crippen MR) is 60.7 cm³/mol. The van der Waals surface area contributed by atoms with Gasteiger partial charge in [-0.05, 0) is 6.08 Å². The zero-order valence-electron chi connectivity index (χ0n) is 9.27. The molecule has 0 N–H and O–H groups in total. The minimum atomic E-state index is -5.19. The van der Waals surface area contributed by atoms with Gasteiger partial charge in [-0.1, -0.05) is 12.2 Å². The van der Waals surface area contributed by atoms with Crippen LogP contribution in [0.3, 0.4) is 0 Å². The number of ether oxygens (including phenoxy) is 1. The molecule has 20 heavy (non-hydrogen) atoms. The molecule has 0 fully saturated rings. The molecule has 12 heteroatoms. The highest BCUT2D eigenvalue weighted by Crippen LogP contribution is 2.25. The number of allylic oxidation sites excluding steroid dienone is 3. The molecule has 1 unspecified atom stereocenters. The molecule has 0 aliphatic heterocycles. The predicted octanol–water partition coefficient (Wildman–Crippen LogP) is 0.0695. The van der Waals surface area contributed by atoms with Crippen LogP contribution in [0.5, 0.6) is 0 Å². The Balaban J connectivity index is 3.43. The Morgan fingerprint density at radius 1 is 1.40 bits per heavy atom. The molecule has 1 aliphatic rings. The number of alkyl halides is 3. The summed E-state index contributed by atoms with van der Waals surface area (Å²) < 4.78 is 85.0. The largest absolute Gasteiger partial charge is 0.573 e. The number of halogens is 3. The Morgan fingerprint density at radius 2 is 2.00 bits per heavy atom. The molecule has 7 nitrogen and oxygen atoms in total. The van der Waals surface area contributed by atoms with E-state index in [1.54, 1.807) is 0 Å². The SMILES string of the molecule is [N-]=[N+]=CS(=O)(=O)C1C=CC=C(OC(F)(F)F)C1=S(=O)=O. The first-order chi connectivity index (χ1) is 9.08. The van der Waals surface area contributed by atoms with Gasteiger partial charge in [0.1, 0.15) is 15.9 Å². The van der Waals surface area contributed by atoms with Crippen molar-refractivity contribution in [2.75, 3.05) is 0 Å². The van der Waals surface area contributed by atoms with Crippen LogP contribution in [0.2, 0.25) is 0 Å². The van der Waals surface area contributed by atoms with Crippen molar-refractivity contribution in [3.63, 3.8) is 0 Å². The lowest BCUT2D eigenvalue weighted by atomic mass is 10.1. The third kappa shape index (κ3) is 3.79. The van der Waals surface area contributed by atoms with Crippen molar-refractivity contribution in [2.45, 2.75) is 11.6 Å². The quantitative estimate of drug-likeness (QED) is 0.239. The van der Waals surface area contributed by atoms with Crippen LogP contribution >= 0.6 is 0 Å². The van der Waals surface area contributed by atoms with Crippen LogP contribution in [-0.2, 0) is 24.9 Å². The first-order valence-corrected chi connectivity index (χ1v) is 7.29. The minimum absolute atomic E-state index is 0.0192. The monoisotopic (exact) mass is 330 g/mol. The lowest BCUT2D eigenvalue weighted by Gasteiger charge is -2.18. The second kappa shape index (κ2) is 5.61. The van der Waals surface area contributed by atoms with Crippen molar-refractivity contribution < 1.29 is 39.5 Å². The summed E-state index contributed by atoms with van der Waals surface area (Å²) in [4.78, 5) is 1.10. The topological polar surface area (TPSA) is 114 Å². The Bertz CT molecular complexity index is 746. The molecule has 110 valence electrons. The van der Waals surface area contributed by atoms with E-state index in [2.05, 4.69) is 9.53 Å². The van der Waals surface area contributed by atoms with Crippen LogP contribution < -0.4 is 0 Å². The van der Waals surface area contributed by atoms with Crippen molar-refractivity contribution in [3.05, 3.63) is 29.5 Å². The van der Waals surface area contributed by atoms with Gasteiger partial charge in [-0.2, -0.15) is 13.2 Å². The Hall–Kier alpha value is -1.91. The maximum atomic E-state index is 12.1. The fourth-order valence-electron chi connectivity index (χ4n) is 1.33. The molecule has 0 aromatic heterocycles. The summed E-state index contributed by atoms with van der Waals surface area (Å²) >= 11 is 0. The zero-order valence-corrected chi connectivity index (χ0v) is 10.9. The minimum Gasteiger partial charge on any atom is -0.404 e. The number of rotatable bonds is 3. The molecule has 0 aromatic rings. The van der Waals surface area contributed by atoms with Crippen LogP contribution in [-0.4, -0.2) is 43.6 Å². The van der Waals surface area contributed by atoms with Crippen molar-refractivity contribution in [1.82, 2.24) is 0 Å². The summed E-state index contributed by atoms with van der Waals surface area (Å²) in [7, 11) is -7.76. The van der Waals surface area contributed by atoms with Crippen molar-refractivity contribution in [1.29, 1.82) is 0 Å². The molecule has 0 saturated carbocycles. The average molecular weight is 330 g/mol.